The van der Waals surface area contributed by atoms with E-state index in [1.807, 2.05) is 18.2 Å². The Morgan fingerprint density at radius 1 is 1.18 bits per heavy atom. The SMILES string of the molecule is CC1CN(Cc2ccccc2B(O)O)CC1C. The summed E-state index contributed by atoms with van der Waals surface area (Å²) in [4.78, 5) is 2.39. The van der Waals surface area contributed by atoms with Crippen molar-refractivity contribution in [1.29, 1.82) is 0 Å². The van der Waals surface area contributed by atoms with Gasteiger partial charge < -0.3 is 10.0 Å². The highest BCUT2D eigenvalue weighted by molar-refractivity contribution is 6.59. The van der Waals surface area contributed by atoms with Gasteiger partial charge in [-0.05, 0) is 22.9 Å². The second kappa shape index (κ2) is 5.21. The topological polar surface area (TPSA) is 43.7 Å². The van der Waals surface area contributed by atoms with E-state index in [9.17, 15) is 10.0 Å². The van der Waals surface area contributed by atoms with Crippen molar-refractivity contribution in [3.05, 3.63) is 29.8 Å². The zero-order chi connectivity index (χ0) is 12.4. The quantitative estimate of drug-likeness (QED) is 0.745. The molecule has 2 N–H and O–H groups in total. The Balaban J connectivity index is 2.09. The summed E-state index contributed by atoms with van der Waals surface area (Å²) in [6, 6.07) is 7.54. The maximum absolute atomic E-state index is 9.32. The number of hydrogen-bond acceptors (Lipinski definition) is 3. The van der Waals surface area contributed by atoms with E-state index < -0.39 is 7.12 Å². The molecule has 2 rings (SSSR count). The smallest absolute Gasteiger partial charge is 0.423 e. The Bertz CT molecular complexity index is 373. The second-order valence-corrected chi connectivity index (χ2v) is 5.22. The summed E-state index contributed by atoms with van der Waals surface area (Å²) in [5.74, 6) is 1.45. The van der Waals surface area contributed by atoms with Crippen LogP contribution >= 0.6 is 0 Å². The first-order valence-corrected chi connectivity index (χ1v) is 6.24. The normalized spacial score (nSPS) is 25.2. The number of rotatable bonds is 3. The van der Waals surface area contributed by atoms with Crippen molar-refractivity contribution in [2.45, 2.75) is 20.4 Å². The molecular weight excluding hydrogens is 213 g/mol. The Hall–Kier alpha value is -0.835. The maximum atomic E-state index is 9.32. The Morgan fingerprint density at radius 2 is 1.76 bits per heavy atom. The van der Waals surface area contributed by atoms with Gasteiger partial charge in [0.25, 0.3) is 0 Å². The highest BCUT2D eigenvalue weighted by atomic mass is 16.4. The van der Waals surface area contributed by atoms with Crippen LogP contribution in [0.3, 0.4) is 0 Å². The lowest BCUT2D eigenvalue weighted by Gasteiger charge is -2.17. The van der Waals surface area contributed by atoms with Crippen LogP contribution in [0.25, 0.3) is 0 Å². The fraction of sp³-hybridized carbons (Fsp3) is 0.538. The fourth-order valence-corrected chi connectivity index (χ4v) is 2.55. The molecule has 3 nitrogen and oxygen atoms in total. The molecule has 2 atom stereocenters. The van der Waals surface area contributed by atoms with Gasteiger partial charge in [0.2, 0.25) is 0 Å². The monoisotopic (exact) mass is 233 g/mol. The molecule has 0 spiro atoms. The molecular formula is C13H20BNO2. The van der Waals surface area contributed by atoms with Crippen LogP contribution in [-0.4, -0.2) is 35.2 Å². The van der Waals surface area contributed by atoms with Gasteiger partial charge in [-0.3, -0.25) is 4.90 Å². The Kier molecular flexibility index (Phi) is 3.87. The van der Waals surface area contributed by atoms with Gasteiger partial charge in [0.15, 0.2) is 0 Å². The van der Waals surface area contributed by atoms with Crippen molar-refractivity contribution in [2.75, 3.05) is 13.1 Å². The van der Waals surface area contributed by atoms with Crippen molar-refractivity contribution < 1.29 is 10.0 Å². The molecule has 1 heterocycles. The first-order chi connectivity index (χ1) is 8.08. The van der Waals surface area contributed by atoms with E-state index in [1.54, 1.807) is 6.07 Å². The van der Waals surface area contributed by atoms with Crippen LogP contribution in [0.15, 0.2) is 24.3 Å². The van der Waals surface area contributed by atoms with Crippen molar-refractivity contribution in [3.63, 3.8) is 0 Å². The summed E-state index contributed by atoms with van der Waals surface area (Å²) < 4.78 is 0. The highest BCUT2D eigenvalue weighted by Crippen LogP contribution is 2.23. The molecule has 1 aromatic rings. The van der Waals surface area contributed by atoms with E-state index in [0.29, 0.717) is 5.46 Å². The van der Waals surface area contributed by atoms with Gasteiger partial charge in [-0.2, -0.15) is 0 Å². The molecule has 1 aliphatic heterocycles. The van der Waals surface area contributed by atoms with Gasteiger partial charge >= 0.3 is 7.12 Å². The lowest BCUT2D eigenvalue weighted by molar-refractivity contribution is 0.316. The number of likely N-dealkylation sites (tertiary alicyclic amines) is 1. The van der Waals surface area contributed by atoms with Crippen LogP contribution in [0.2, 0.25) is 0 Å². The second-order valence-electron chi connectivity index (χ2n) is 5.22. The lowest BCUT2D eigenvalue weighted by atomic mass is 9.77. The van der Waals surface area contributed by atoms with Gasteiger partial charge in [-0.15, -0.1) is 0 Å². The van der Waals surface area contributed by atoms with Crippen LogP contribution in [0, 0.1) is 11.8 Å². The summed E-state index contributed by atoms with van der Waals surface area (Å²) >= 11 is 0. The van der Waals surface area contributed by atoms with Gasteiger partial charge in [0.1, 0.15) is 0 Å². The zero-order valence-corrected chi connectivity index (χ0v) is 10.5. The van der Waals surface area contributed by atoms with E-state index in [1.165, 1.54) is 0 Å². The fourth-order valence-electron chi connectivity index (χ4n) is 2.55. The van der Waals surface area contributed by atoms with Gasteiger partial charge in [0.05, 0.1) is 0 Å². The lowest BCUT2D eigenvalue weighted by Crippen LogP contribution is -2.35. The van der Waals surface area contributed by atoms with E-state index in [4.69, 9.17) is 0 Å². The predicted octanol–water partition coefficient (Wildman–Crippen LogP) is 0.454. The van der Waals surface area contributed by atoms with E-state index in [0.717, 1.165) is 37.0 Å². The molecule has 0 aliphatic carbocycles. The third-order valence-corrected chi connectivity index (χ3v) is 3.79. The van der Waals surface area contributed by atoms with Gasteiger partial charge in [-0.1, -0.05) is 38.1 Å². The van der Waals surface area contributed by atoms with Crippen LogP contribution < -0.4 is 5.46 Å². The molecule has 0 aromatic heterocycles. The first kappa shape index (κ1) is 12.6. The van der Waals surface area contributed by atoms with Crippen molar-refractivity contribution in [3.8, 4) is 0 Å². The third-order valence-electron chi connectivity index (χ3n) is 3.79. The summed E-state index contributed by atoms with van der Waals surface area (Å²) in [5.41, 5.74) is 1.64. The van der Waals surface area contributed by atoms with Crippen LogP contribution in [0.1, 0.15) is 19.4 Å². The summed E-state index contributed by atoms with van der Waals surface area (Å²) in [6.45, 7) is 7.55. The molecule has 17 heavy (non-hydrogen) atoms. The average Bonchev–Trinajstić information content (AvgIpc) is 2.58. The molecule has 92 valence electrons. The summed E-state index contributed by atoms with van der Waals surface area (Å²) in [6.07, 6.45) is 0. The molecule has 4 heteroatoms. The average molecular weight is 233 g/mol. The minimum absolute atomic E-state index is 0.625. The number of hydrogen-bond donors (Lipinski definition) is 2. The molecule has 0 amide bonds. The Morgan fingerprint density at radius 3 is 2.35 bits per heavy atom. The van der Waals surface area contributed by atoms with Crippen molar-refractivity contribution in [1.82, 2.24) is 4.90 Å². The largest absolute Gasteiger partial charge is 0.488 e. The van der Waals surface area contributed by atoms with E-state index in [-0.39, 0.29) is 0 Å². The Labute approximate surface area is 103 Å². The van der Waals surface area contributed by atoms with E-state index >= 15 is 0 Å². The van der Waals surface area contributed by atoms with Crippen molar-refractivity contribution in [2.24, 2.45) is 11.8 Å². The highest BCUT2D eigenvalue weighted by Gasteiger charge is 2.27. The van der Waals surface area contributed by atoms with Gasteiger partial charge in [-0.25, -0.2) is 0 Å². The summed E-state index contributed by atoms with van der Waals surface area (Å²) in [7, 11) is -1.37. The maximum Gasteiger partial charge on any atom is 0.488 e. The first-order valence-electron chi connectivity index (χ1n) is 6.24. The predicted molar refractivity (Wildman–Crippen MR) is 69.9 cm³/mol. The zero-order valence-electron chi connectivity index (χ0n) is 10.5. The molecule has 1 aromatic carbocycles. The summed E-state index contributed by atoms with van der Waals surface area (Å²) in [5, 5.41) is 18.6. The molecule has 1 saturated heterocycles. The minimum atomic E-state index is -1.37. The molecule has 0 radical (unpaired) electrons. The molecule has 2 unspecified atom stereocenters. The van der Waals surface area contributed by atoms with Crippen LogP contribution in [0.5, 0.6) is 0 Å². The van der Waals surface area contributed by atoms with Gasteiger partial charge in [0, 0.05) is 19.6 Å². The number of benzene rings is 1. The van der Waals surface area contributed by atoms with Crippen molar-refractivity contribution >= 4 is 12.6 Å². The van der Waals surface area contributed by atoms with E-state index in [2.05, 4.69) is 18.7 Å². The van der Waals surface area contributed by atoms with Crippen LogP contribution in [0.4, 0.5) is 0 Å². The molecule has 0 bridgehead atoms. The number of nitrogens with zero attached hydrogens (tertiary/aromatic N) is 1. The third kappa shape index (κ3) is 2.89. The standard InChI is InChI=1S/C13H20BNO2/c1-10-7-15(8-11(10)2)9-12-5-3-4-6-13(12)14(16)17/h3-6,10-11,16-17H,7-9H2,1-2H3. The molecule has 0 saturated carbocycles. The minimum Gasteiger partial charge on any atom is -0.423 e. The molecule has 1 fully saturated rings. The molecule has 1 aliphatic rings. The van der Waals surface area contributed by atoms with Crippen LogP contribution in [-0.2, 0) is 6.54 Å².